The molecule has 1 heterocycles. The normalized spacial score (nSPS) is 10.4. The van der Waals surface area contributed by atoms with Crippen molar-refractivity contribution in [2.75, 3.05) is 0 Å². The number of carboxylic acids is 1. The summed E-state index contributed by atoms with van der Waals surface area (Å²) in [7, 11) is 0. The standard InChI is InChI=1S/C9H4BrIN2O3/c10-6-2-1-4(11)3-5(6)8-12-7(9(14)15)13-16-8/h1-3H,(H,14,15). The minimum absolute atomic E-state index is 0.183. The topological polar surface area (TPSA) is 76.2 Å². The fraction of sp³-hybridized carbons (Fsp3) is 0. The van der Waals surface area contributed by atoms with E-state index in [4.69, 9.17) is 9.63 Å². The first-order valence-electron chi connectivity index (χ1n) is 4.10. The first-order chi connectivity index (χ1) is 7.58. The molecule has 16 heavy (non-hydrogen) atoms. The number of hydrogen-bond acceptors (Lipinski definition) is 4. The summed E-state index contributed by atoms with van der Waals surface area (Å²) in [6, 6.07) is 5.56. The fourth-order valence-corrected chi connectivity index (χ4v) is 1.99. The van der Waals surface area contributed by atoms with Crippen molar-refractivity contribution >= 4 is 44.5 Å². The molecule has 0 aliphatic rings. The van der Waals surface area contributed by atoms with Crippen molar-refractivity contribution in [2.45, 2.75) is 0 Å². The zero-order valence-corrected chi connectivity index (χ0v) is 11.4. The summed E-state index contributed by atoms with van der Waals surface area (Å²) >= 11 is 5.48. The monoisotopic (exact) mass is 394 g/mol. The van der Waals surface area contributed by atoms with Crippen LogP contribution in [-0.4, -0.2) is 21.2 Å². The summed E-state index contributed by atoms with van der Waals surface area (Å²) < 4.78 is 6.64. The van der Waals surface area contributed by atoms with E-state index < -0.39 is 5.97 Å². The number of rotatable bonds is 2. The average molecular weight is 395 g/mol. The van der Waals surface area contributed by atoms with E-state index in [0.717, 1.165) is 8.04 Å². The molecule has 82 valence electrons. The molecule has 0 spiro atoms. The third-order valence-corrected chi connectivity index (χ3v) is 3.14. The second-order valence-corrected chi connectivity index (χ2v) is 4.95. The highest BCUT2D eigenvalue weighted by Crippen LogP contribution is 2.28. The van der Waals surface area contributed by atoms with Gasteiger partial charge in [-0.25, -0.2) is 4.79 Å². The molecule has 2 rings (SSSR count). The zero-order chi connectivity index (χ0) is 11.7. The van der Waals surface area contributed by atoms with Crippen molar-refractivity contribution in [3.8, 4) is 11.5 Å². The molecule has 0 bridgehead atoms. The van der Waals surface area contributed by atoms with E-state index in [1.165, 1.54) is 0 Å². The highest BCUT2D eigenvalue weighted by molar-refractivity contribution is 14.1. The van der Waals surface area contributed by atoms with Crippen LogP contribution in [0.1, 0.15) is 10.6 Å². The molecular weight excluding hydrogens is 391 g/mol. The molecule has 0 saturated carbocycles. The van der Waals surface area contributed by atoms with E-state index in [0.29, 0.717) is 5.56 Å². The van der Waals surface area contributed by atoms with Gasteiger partial charge >= 0.3 is 5.97 Å². The van der Waals surface area contributed by atoms with Gasteiger partial charge in [0.25, 0.3) is 11.7 Å². The third-order valence-electron chi connectivity index (χ3n) is 1.78. The number of aromatic carboxylic acids is 1. The number of hydrogen-bond donors (Lipinski definition) is 1. The lowest BCUT2D eigenvalue weighted by Gasteiger charge is -1.98. The van der Waals surface area contributed by atoms with Gasteiger partial charge in [-0.3, -0.25) is 0 Å². The van der Waals surface area contributed by atoms with E-state index in [1.54, 1.807) is 0 Å². The molecule has 0 fully saturated rings. The minimum Gasteiger partial charge on any atom is -0.475 e. The van der Waals surface area contributed by atoms with E-state index in [2.05, 4.69) is 48.7 Å². The molecular formula is C9H4BrIN2O3. The SMILES string of the molecule is O=C(O)c1noc(-c2cc(I)ccc2Br)n1. The van der Waals surface area contributed by atoms with Crippen LogP contribution in [0.5, 0.6) is 0 Å². The largest absolute Gasteiger partial charge is 0.475 e. The average Bonchev–Trinajstić information content (AvgIpc) is 2.70. The van der Waals surface area contributed by atoms with E-state index >= 15 is 0 Å². The van der Waals surface area contributed by atoms with Crippen LogP contribution in [0.4, 0.5) is 0 Å². The molecule has 2 aromatic rings. The van der Waals surface area contributed by atoms with E-state index in [9.17, 15) is 4.79 Å². The zero-order valence-electron chi connectivity index (χ0n) is 7.65. The molecule has 0 saturated heterocycles. The third kappa shape index (κ3) is 2.24. The summed E-state index contributed by atoms with van der Waals surface area (Å²) in [6.45, 7) is 0. The van der Waals surface area contributed by atoms with Gasteiger partial charge in [-0.1, -0.05) is 0 Å². The van der Waals surface area contributed by atoms with Crippen molar-refractivity contribution < 1.29 is 14.4 Å². The Morgan fingerprint density at radius 3 is 2.88 bits per heavy atom. The second kappa shape index (κ2) is 4.50. The molecule has 0 radical (unpaired) electrons. The fourth-order valence-electron chi connectivity index (χ4n) is 1.08. The van der Waals surface area contributed by atoms with Gasteiger partial charge in [0.05, 0.1) is 5.56 Å². The summed E-state index contributed by atoms with van der Waals surface area (Å²) in [6.07, 6.45) is 0. The maximum Gasteiger partial charge on any atom is 0.377 e. The summed E-state index contributed by atoms with van der Waals surface area (Å²) in [5.74, 6) is -1.37. The number of carboxylic acid groups (broad SMARTS) is 1. The number of carbonyl (C=O) groups is 1. The van der Waals surface area contributed by atoms with Crippen molar-refractivity contribution in [3.63, 3.8) is 0 Å². The molecule has 1 aromatic carbocycles. The number of benzene rings is 1. The van der Waals surface area contributed by atoms with Gasteiger partial charge in [-0.15, -0.1) is 0 Å². The van der Waals surface area contributed by atoms with Crippen molar-refractivity contribution in [1.82, 2.24) is 10.1 Å². The number of halogens is 2. The molecule has 1 aromatic heterocycles. The van der Waals surface area contributed by atoms with Crippen LogP contribution < -0.4 is 0 Å². The van der Waals surface area contributed by atoms with Crippen LogP contribution in [0.25, 0.3) is 11.5 Å². The molecule has 5 nitrogen and oxygen atoms in total. The molecule has 0 atom stereocenters. The van der Waals surface area contributed by atoms with Crippen LogP contribution >= 0.6 is 38.5 Å². The quantitative estimate of drug-likeness (QED) is 0.792. The van der Waals surface area contributed by atoms with Gasteiger partial charge in [0, 0.05) is 8.04 Å². The van der Waals surface area contributed by atoms with Gasteiger partial charge in [0.2, 0.25) is 0 Å². The lowest BCUT2D eigenvalue weighted by atomic mass is 10.2. The Balaban J connectivity index is 2.50. The number of nitrogens with zero attached hydrogens (tertiary/aromatic N) is 2. The minimum atomic E-state index is -1.21. The van der Waals surface area contributed by atoms with Crippen LogP contribution in [0.15, 0.2) is 27.2 Å². The van der Waals surface area contributed by atoms with E-state index in [-0.39, 0.29) is 11.7 Å². The van der Waals surface area contributed by atoms with Crippen molar-refractivity contribution in [3.05, 3.63) is 32.1 Å². The molecule has 7 heteroatoms. The summed E-state index contributed by atoms with van der Waals surface area (Å²) in [5, 5.41) is 12.0. The number of aromatic nitrogens is 2. The highest BCUT2D eigenvalue weighted by atomic mass is 127. The highest BCUT2D eigenvalue weighted by Gasteiger charge is 2.16. The van der Waals surface area contributed by atoms with Crippen molar-refractivity contribution in [2.24, 2.45) is 0 Å². The lowest BCUT2D eigenvalue weighted by molar-refractivity contribution is 0.0680. The van der Waals surface area contributed by atoms with E-state index in [1.807, 2.05) is 18.2 Å². The van der Waals surface area contributed by atoms with Gasteiger partial charge in [0.1, 0.15) is 0 Å². The molecule has 0 aliphatic carbocycles. The predicted octanol–water partition coefficient (Wildman–Crippen LogP) is 2.80. The first kappa shape index (κ1) is 11.5. The Hall–Kier alpha value is -0.960. The first-order valence-corrected chi connectivity index (χ1v) is 5.97. The lowest BCUT2D eigenvalue weighted by Crippen LogP contribution is -1.98. The van der Waals surface area contributed by atoms with Gasteiger partial charge in [0.15, 0.2) is 0 Å². The van der Waals surface area contributed by atoms with Crippen LogP contribution in [0.3, 0.4) is 0 Å². The maximum absolute atomic E-state index is 10.6. The summed E-state index contributed by atoms with van der Waals surface area (Å²) in [4.78, 5) is 14.4. The molecule has 0 aliphatic heterocycles. The van der Waals surface area contributed by atoms with Crippen LogP contribution in [-0.2, 0) is 0 Å². The second-order valence-electron chi connectivity index (χ2n) is 2.85. The Morgan fingerprint density at radius 1 is 1.50 bits per heavy atom. The Morgan fingerprint density at radius 2 is 2.25 bits per heavy atom. The maximum atomic E-state index is 10.6. The van der Waals surface area contributed by atoms with Crippen molar-refractivity contribution in [1.29, 1.82) is 0 Å². The predicted molar refractivity (Wildman–Crippen MR) is 67.1 cm³/mol. The Labute approximate surface area is 112 Å². The molecule has 0 amide bonds. The Bertz CT molecular complexity index is 555. The smallest absolute Gasteiger partial charge is 0.377 e. The van der Waals surface area contributed by atoms with Gasteiger partial charge in [-0.05, 0) is 61.9 Å². The Kier molecular flexibility index (Phi) is 3.24. The van der Waals surface area contributed by atoms with Gasteiger partial charge < -0.3 is 9.63 Å². The van der Waals surface area contributed by atoms with Crippen LogP contribution in [0, 0.1) is 3.57 Å². The molecule has 0 unspecified atom stereocenters. The van der Waals surface area contributed by atoms with Crippen LogP contribution in [0.2, 0.25) is 0 Å². The molecule has 1 N–H and O–H groups in total. The summed E-state index contributed by atoms with van der Waals surface area (Å²) in [5.41, 5.74) is 0.673. The van der Waals surface area contributed by atoms with Gasteiger partial charge in [-0.2, -0.15) is 4.98 Å².